The molecule has 124 valence electrons. The van der Waals surface area contributed by atoms with Crippen molar-refractivity contribution in [3.05, 3.63) is 59.2 Å². The monoisotopic (exact) mass is 333 g/mol. The molecule has 0 amide bonds. The zero-order valence-corrected chi connectivity index (χ0v) is 11.8. The Morgan fingerprint density at radius 3 is 1.87 bits per heavy atom. The topological polar surface area (TPSA) is 26.0 Å². The molecule has 0 heterocycles. The van der Waals surface area contributed by atoms with Crippen LogP contribution in [0.25, 0.3) is 11.1 Å². The van der Waals surface area contributed by atoms with Gasteiger partial charge in [-0.05, 0) is 47.9 Å². The fraction of sp³-hybridized carbons (Fsp3) is 0.250. The summed E-state index contributed by atoms with van der Waals surface area (Å²) in [5.74, 6) is 0. The van der Waals surface area contributed by atoms with Crippen LogP contribution in [-0.2, 0) is 18.8 Å². The van der Waals surface area contributed by atoms with E-state index in [9.17, 15) is 26.3 Å². The zero-order valence-electron chi connectivity index (χ0n) is 11.8. The van der Waals surface area contributed by atoms with Crippen molar-refractivity contribution in [1.82, 2.24) is 0 Å². The number of benzene rings is 2. The minimum absolute atomic E-state index is 0.0781. The Labute approximate surface area is 128 Å². The standard InChI is InChI=1S/C16H13F6N/c17-15(18,19)12-6-4-11(5-7-12)14-10(8-9-23)2-1-3-13(14)16(20,21)22/h1-7H,8-9,23H2. The molecule has 0 radical (unpaired) electrons. The predicted molar refractivity (Wildman–Crippen MR) is 74.6 cm³/mol. The first-order valence-corrected chi connectivity index (χ1v) is 6.71. The van der Waals surface area contributed by atoms with Crippen molar-refractivity contribution in [1.29, 1.82) is 0 Å². The fourth-order valence-corrected chi connectivity index (χ4v) is 2.37. The highest BCUT2D eigenvalue weighted by Gasteiger charge is 2.35. The van der Waals surface area contributed by atoms with Crippen LogP contribution in [0.3, 0.4) is 0 Å². The van der Waals surface area contributed by atoms with Crippen molar-refractivity contribution in [3.8, 4) is 11.1 Å². The van der Waals surface area contributed by atoms with Crippen LogP contribution in [0.15, 0.2) is 42.5 Å². The van der Waals surface area contributed by atoms with Crippen LogP contribution in [0.5, 0.6) is 0 Å². The maximum atomic E-state index is 13.2. The first kappa shape index (κ1) is 17.3. The van der Waals surface area contributed by atoms with E-state index < -0.39 is 23.5 Å². The Bertz CT molecular complexity index is 670. The van der Waals surface area contributed by atoms with Crippen molar-refractivity contribution in [2.45, 2.75) is 18.8 Å². The van der Waals surface area contributed by atoms with Crippen LogP contribution in [0.4, 0.5) is 26.3 Å². The molecule has 2 N–H and O–H groups in total. The van der Waals surface area contributed by atoms with Gasteiger partial charge < -0.3 is 5.73 Å². The Hall–Kier alpha value is -2.02. The van der Waals surface area contributed by atoms with Gasteiger partial charge in [-0.25, -0.2) is 0 Å². The molecular weight excluding hydrogens is 320 g/mol. The lowest BCUT2D eigenvalue weighted by Crippen LogP contribution is -2.11. The van der Waals surface area contributed by atoms with Gasteiger partial charge in [-0.1, -0.05) is 24.3 Å². The van der Waals surface area contributed by atoms with Crippen LogP contribution < -0.4 is 5.73 Å². The van der Waals surface area contributed by atoms with E-state index >= 15 is 0 Å². The van der Waals surface area contributed by atoms with Gasteiger partial charge in [0.2, 0.25) is 0 Å². The van der Waals surface area contributed by atoms with Crippen molar-refractivity contribution in [2.24, 2.45) is 5.73 Å². The summed E-state index contributed by atoms with van der Waals surface area (Å²) in [7, 11) is 0. The van der Waals surface area contributed by atoms with Gasteiger partial charge in [0.1, 0.15) is 0 Å². The molecule has 0 aliphatic rings. The maximum Gasteiger partial charge on any atom is 0.417 e. The van der Waals surface area contributed by atoms with Crippen LogP contribution in [0, 0.1) is 0 Å². The van der Waals surface area contributed by atoms with E-state index in [1.165, 1.54) is 12.1 Å². The Balaban J connectivity index is 2.61. The molecule has 2 aromatic rings. The number of rotatable bonds is 3. The van der Waals surface area contributed by atoms with Crippen LogP contribution >= 0.6 is 0 Å². The third-order valence-corrected chi connectivity index (χ3v) is 3.37. The number of halogens is 6. The Kier molecular flexibility index (Phi) is 4.70. The fourth-order valence-electron chi connectivity index (χ4n) is 2.37. The molecule has 1 nitrogen and oxygen atoms in total. The highest BCUT2D eigenvalue weighted by Crippen LogP contribution is 2.40. The minimum Gasteiger partial charge on any atom is -0.330 e. The van der Waals surface area contributed by atoms with Crippen molar-refractivity contribution in [2.75, 3.05) is 6.54 Å². The van der Waals surface area contributed by atoms with Crippen molar-refractivity contribution < 1.29 is 26.3 Å². The SMILES string of the molecule is NCCc1cccc(C(F)(F)F)c1-c1ccc(C(F)(F)F)cc1. The van der Waals surface area contributed by atoms with Crippen LogP contribution in [0.2, 0.25) is 0 Å². The second-order valence-electron chi connectivity index (χ2n) is 4.95. The molecule has 0 bridgehead atoms. The van der Waals surface area contributed by atoms with E-state index in [1.54, 1.807) is 0 Å². The smallest absolute Gasteiger partial charge is 0.330 e. The quantitative estimate of drug-likeness (QED) is 0.795. The number of nitrogens with two attached hydrogens (primary N) is 1. The molecule has 2 aromatic carbocycles. The first-order valence-electron chi connectivity index (χ1n) is 6.71. The lowest BCUT2D eigenvalue weighted by molar-refractivity contribution is -0.138. The van der Waals surface area contributed by atoms with Gasteiger partial charge in [-0.2, -0.15) is 26.3 Å². The summed E-state index contributed by atoms with van der Waals surface area (Å²) in [5.41, 5.74) is 3.92. The number of hydrogen-bond donors (Lipinski definition) is 1. The predicted octanol–water partition coefficient (Wildman–Crippen LogP) is 4.89. The van der Waals surface area contributed by atoms with Crippen molar-refractivity contribution >= 4 is 0 Å². The summed E-state index contributed by atoms with van der Waals surface area (Å²) in [4.78, 5) is 0. The molecular formula is C16H13F6N. The van der Waals surface area contributed by atoms with Crippen LogP contribution in [0.1, 0.15) is 16.7 Å². The highest BCUT2D eigenvalue weighted by molar-refractivity contribution is 5.72. The molecule has 0 aliphatic carbocycles. The van der Waals surface area contributed by atoms with Gasteiger partial charge in [-0.3, -0.25) is 0 Å². The largest absolute Gasteiger partial charge is 0.417 e. The van der Waals surface area contributed by atoms with E-state index in [1.807, 2.05) is 0 Å². The average Bonchev–Trinajstić information content (AvgIpc) is 2.46. The van der Waals surface area contributed by atoms with Gasteiger partial charge in [0, 0.05) is 0 Å². The van der Waals surface area contributed by atoms with Crippen molar-refractivity contribution in [3.63, 3.8) is 0 Å². The third-order valence-electron chi connectivity index (χ3n) is 3.37. The summed E-state index contributed by atoms with van der Waals surface area (Å²) < 4.78 is 77.4. The molecule has 0 saturated heterocycles. The lowest BCUT2D eigenvalue weighted by atomic mass is 9.92. The molecule has 0 aromatic heterocycles. The zero-order chi connectivity index (χ0) is 17.3. The van der Waals surface area contributed by atoms with E-state index in [0.717, 1.165) is 30.3 Å². The average molecular weight is 333 g/mol. The van der Waals surface area contributed by atoms with E-state index in [2.05, 4.69) is 0 Å². The number of hydrogen-bond acceptors (Lipinski definition) is 1. The molecule has 0 fully saturated rings. The van der Waals surface area contributed by atoms with E-state index in [-0.39, 0.29) is 24.1 Å². The molecule has 0 aliphatic heterocycles. The number of alkyl halides is 6. The van der Waals surface area contributed by atoms with Gasteiger partial charge >= 0.3 is 12.4 Å². The summed E-state index contributed by atoms with van der Waals surface area (Å²) >= 11 is 0. The summed E-state index contributed by atoms with van der Waals surface area (Å²) in [6.45, 7) is 0.134. The van der Waals surface area contributed by atoms with Gasteiger partial charge in [0.05, 0.1) is 11.1 Å². The summed E-state index contributed by atoms with van der Waals surface area (Å²) in [5, 5.41) is 0. The molecule has 7 heteroatoms. The van der Waals surface area contributed by atoms with E-state index in [0.29, 0.717) is 5.56 Å². The normalized spacial score (nSPS) is 12.5. The minimum atomic E-state index is -4.61. The maximum absolute atomic E-state index is 13.2. The van der Waals surface area contributed by atoms with Gasteiger partial charge in [0.25, 0.3) is 0 Å². The second-order valence-corrected chi connectivity index (χ2v) is 4.95. The molecule has 2 rings (SSSR count). The second kappa shape index (κ2) is 6.23. The van der Waals surface area contributed by atoms with Crippen LogP contribution in [-0.4, -0.2) is 6.54 Å². The lowest BCUT2D eigenvalue weighted by Gasteiger charge is -2.17. The molecule has 0 saturated carbocycles. The van der Waals surface area contributed by atoms with Gasteiger partial charge in [-0.15, -0.1) is 0 Å². The molecule has 0 unspecified atom stereocenters. The van der Waals surface area contributed by atoms with E-state index in [4.69, 9.17) is 5.73 Å². The Morgan fingerprint density at radius 1 is 0.783 bits per heavy atom. The molecule has 23 heavy (non-hydrogen) atoms. The third kappa shape index (κ3) is 3.85. The van der Waals surface area contributed by atoms with Gasteiger partial charge in [0.15, 0.2) is 0 Å². The molecule has 0 spiro atoms. The highest BCUT2D eigenvalue weighted by atomic mass is 19.4. The molecule has 0 atom stereocenters. The first-order chi connectivity index (χ1) is 10.6. The summed E-state index contributed by atoms with van der Waals surface area (Å²) in [6, 6.07) is 7.31. The Morgan fingerprint density at radius 2 is 1.39 bits per heavy atom. The summed E-state index contributed by atoms with van der Waals surface area (Å²) in [6.07, 6.45) is -8.95.